The molecule has 3 aromatic rings. The van der Waals surface area contributed by atoms with Gasteiger partial charge in [-0.15, -0.1) is 5.10 Å². The van der Waals surface area contributed by atoms with Gasteiger partial charge >= 0.3 is 0 Å². The lowest BCUT2D eigenvalue weighted by atomic mass is 10.0. The Kier molecular flexibility index (Phi) is 5.54. The van der Waals surface area contributed by atoms with Crippen molar-refractivity contribution in [1.29, 1.82) is 0 Å². The Morgan fingerprint density at radius 2 is 1.90 bits per heavy atom. The van der Waals surface area contributed by atoms with Crippen molar-refractivity contribution in [2.24, 2.45) is 0 Å². The summed E-state index contributed by atoms with van der Waals surface area (Å²) in [6.45, 7) is 5.22. The van der Waals surface area contributed by atoms with Crippen LogP contribution in [-0.2, 0) is 25.6 Å². The van der Waals surface area contributed by atoms with Crippen LogP contribution in [0.15, 0.2) is 60.9 Å². The number of aromatic nitrogens is 4. The van der Waals surface area contributed by atoms with Gasteiger partial charge < -0.3 is 18.9 Å². The number of benzene rings is 1. The van der Waals surface area contributed by atoms with Crippen LogP contribution < -0.4 is 0 Å². The van der Waals surface area contributed by atoms with Gasteiger partial charge in [-0.3, -0.25) is 4.98 Å². The SMILES string of the molecule is CC1(C)OC[C@@H]([C@@H]2OC[C@H](n3cc(-c4ccccn4)nn3)[C@H]2OCc2ccccc2)O1. The highest BCUT2D eigenvalue weighted by molar-refractivity contribution is 5.51. The predicted octanol–water partition coefficient (Wildman–Crippen LogP) is 3.02. The molecule has 0 saturated carbocycles. The van der Waals surface area contributed by atoms with Gasteiger partial charge in [0, 0.05) is 6.20 Å². The van der Waals surface area contributed by atoms with Crippen LogP contribution in [-0.4, -0.2) is 57.3 Å². The number of pyridine rings is 1. The largest absolute Gasteiger partial charge is 0.370 e. The highest BCUT2D eigenvalue weighted by Crippen LogP contribution is 2.36. The average molecular weight is 422 g/mol. The third kappa shape index (κ3) is 4.38. The molecule has 0 N–H and O–H groups in total. The summed E-state index contributed by atoms with van der Waals surface area (Å²) >= 11 is 0. The first kappa shape index (κ1) is 20.3. The van der Waals surface area contributed by atoms with Gasteiger partial charge in [0.05, 0.1) is 31.7 Å². The summed E-state index contributed by atoms with van der Waals surface area (Å²) in [6.07, 6.45) is 2.90. The van der Waals surface area contributed by atoms with E-state index in [1.54, 1.807) is 6.20 Å². The van der Waals surface area contributed by atoms with Crippen molar-refractivity contribution in [3.05, 3.63) is 66.5 Å². The fraction of sp³-hybridized carbons (Fsp3) is 0.435. The van der Waals surface area contributed by atoms with Crippen molar-refractivity contribution in [1.82, 2.24) is 20.0 Å². The van der Waals surface area contributed by atoms with Crippen molar-refractivity contribution in [3.63, 3.8) is 0 Å². The second kappa shape index (κ2) is 8.47. The monoisotopic (exact) mass is 422 g/mol. The lowest BCUT2D eigenvalue weighted by molar-refractivity contribution is -0.162. The van der Waals surface area contributed by atoms with Crippen molar-refractivity contribution in [3.8, 4) is 11.4 Å². The molecule has 0 aliphatic carbocycles. The molecule has 2 aromatic heterocycles. The fourth-order valence-electron chi connectivity index (χ4n) is 4.08. The molecule has 31 heavy (non-hydrogen) atoms. The topological polar surface area (TPSA) is 80.5 Å². The molecule has 0 radical (unpaired) electrons. The van der Waals surface area contributed by atoms with E-state index in [0.717, 1.165) is 11.3 Å². The molecule has 162 valence electrons. The third-order valence-corrected chi connectivity index (χ3v) is 5.62. The second-order valence-electron chi connectivity index (χ2n) is 8.29. The Labute approximate surface area is 181 Å². The standard InChI is InChI=1S/C23H26N4O4/c1-23(2)30-15-20(31-23)22-21(28-13-16-8-4-3-5-9-16)19(14-29-22)27-12-18(25-26-27)17-10-6-7-11-24-17/h3-12,19-22H,13-15H2,1-2H3/t19-,20-,21+,22-/m0/s1. The molecule has 2 aliphatic heterocycles. The zero-order valence-corrected chi connectivity index (χ0v) is 17.6. The van der Waals surface area contributed by atoms with Crippen LogP contribution >= 0.6 is 0 Å². The van der Waals surface area contributed by atoms with E-state index in [0.29, 0.717) is 25.5 Å². The highest BCUT2D eigenvalue weighted by atomic mass is 16.8. The number of rotatable bonds is 6. The van der Waals surface area contributed by atoms with E-state index in [4.69, 9.17) is 18.9 Å². The zero-order valence-electron chi connectivity index (χ0n) is 17.6. The average Bonchev–Trinajstić information content (AvgIpc) is 3.51. The summed E-state index contributed by atoms with van der Waals surface area (Å²) < 4.78 is 26.3. The highest BCUT2D eigenvalue weighted by Gasteiger charge is 2.49. The minimum atomic E-state index is -0.629. The Balaban J connectivity index is 1.38. The van der Waals surface area contributed by atoms with Gasteiger partial charge in [0.2, 0.25) is 0 Å². The van der Waals surface area contributed by atoms with Crippen LogP contribution in [0, 0.1) is 0 Å². The first-order valence-corrected chi connectivity index (χ1v) is 10.5. The maximum Gasteiger partial charge on any atom is 0.163 e. The molecule has 4 heterocycles. The van der Waals surface area contributed by atoms with Gasteiger partial charge in [-0.25, -0.2) is 4.68 Å². The quantitative estimate of drug-likeness (QED) is 0.604. The lowest BCUT2D eigenvalue weighted by Gasteiger charge is -2.27. The van der Waals surface area contributed by atoms with Crippen LogP contribution in [0.25, 0.3) is 11.4 Å². The molecule has 2 fully saturated rings. The molecular weight excluding hydrogens is 396 g/mol. The fourth-order valence-corrected chi connectivity index (χ4v) is 4.08. The first-order valence-electron chi connectivity index (χ1n) is 10.5. The molecular formula is C23H26N4O4. The molecule has 0 unspecified atom stereocenters. The molecule has 2 aliphatic rings. The Morgan fingerprint density at radius 3 is 2.65 bits per heavy atom. The summed E-state index contributed by atoms with van der Waals surface area (Å²) in [6, 6.07) is 15.7. The van der Waals surface area contributed by atoms with Crippen molar-refractivity contribution in [2.75, 3.05) is 13.2 Å². The van der Waals surface area contributed by atoms with Crippen molar-refractivity contribution >= 4 is 0 Å². The minimum absolute atomic E-state index is 0.133. The first-order chi connectivity index (χ1) is 15.1. The molecule has 8 nitrogen and oxygen atoms in total. The second-order valence-corrected chi connectivity index (χ2v) is 8.29. The van der Waals surface area contributed by atoms with Gasteiger partial charge in [-0.2, -0.15) is 0 Å². The Hall–Kier alpha value is -2.65. The molecule has 5 rings (SSSR count). The van der Waals surface area contributed by atoms with E-state index in [9.17, 15) is 0 Å². The maximum absolute atomic E-state index is 6.40. The number of ether oxygens (including phenoxy) is 4. The minimum Gasteiger partial charge on any atom is -0.370 e. The van der Waals surface area contributed by atoms with Crippen LogP contribution in [0.2, 0.25) is 0 Å². The number of nitrogens with zero attached hydrogens (tertiary/aromatic N) is 4. The van der Waals surface area contributed by atoms with Gasteiger partial charge in [-0.1, -0.05) is 41.6 Å². The van der Waals surface area contributed by atoms with Crippen LogP contribution in [0.3, 0.4) is 0 Å². The van der Waals surface area contributed by atoms with Gasteiger partial charge in [0.25, 0.3) is 0 Å². The smallest absolute Gasteiger partial charge is 0.163 e. The van der Waals surface area contributed by atoms with E-state index >= 15 is 0 Å². The number of hydrogen-bond acceptors (Lipinski definition) is 7. The summed E-state index contributed by atoms with van der Waals surface area (Å²) in [5.41, 5.74) is 2.59. The third-order valence-electron chi connectivity index (χ3n) is 5.62. The Morgan fingerprint density at radius 1 is 1.06 bits per heavy atom. The summed E-state index contributed by atoms with van der Waals surface area (Å²) in [4.78, 5) is 4.36. The van der Waals surface area contributed by atoms with E-state index in [1.165, 1.54) is 0 Å². The molecule has 8 heteroatoms. The lowest BCUT2D eigenvalue weighted by Crippen LogP contribution is -2.41. The Bertz CT molecular complexity index is 995. The van der Waals surface area contributed by atoms with Crippen molar-refractivity contribution in [2.45, 2.75) is 50.6 Å². The maximum atomic E-state index is 6.40. The molecule has 0 amide bonds. The molecule has 0 bridgehead atoms. The van der Waals surface area contributed by atoms with Gasteiger partial charge in [0.1, 0.15) is 30.0 Å². The number of hydrogen-bond donors (Lipinski definition) is 0. The normalized spacial score (nSPS) is 27.5. The van der Waals surface area contributed by atoms with Crippen LogP contribution in [0.5, 0.6) is 0 Å². The van der Waals surface area contributed by atoms with E-state index in [1.807, 2.05) is 73.3 Å². The van der Waals surface area contributed by atoms with E-state index < -0.39 is 5.79 Å². The molecule has 2 saturated heterocycles. The summed E-state index contributed by atoms with van der Waals surface area (Å²) in [5.74, 6) is -0.629. The van der Waals surface area contributed by atoms with Gasteiger partial charge in [-0.05, 0) is 31.5 Å². The van der Waals surface area contributed by atoms with Gasteiger partial charge in [0.15, 0.2) is 5.79 Å². The van der Waals surface area contributed by atoms with Crippen molar-refractivity contribution < 1.29 is 18.9 Å². The van der Waals surface area contributed by atoms with E-state index in [2.05, 4.69) is 15.3 Å². The zero-order chi connectivity index (χ0) is 21.3. The molecule has 4 atom stereocenters. The van der Waals surface area contributed by atoms with Crippen LogP contribution in [0.4, 0.5) is 0 Å². The summed E-state index contributed by atoms with van der Waals surface area (Å²) in [7, 11) is 0. The van der Waals surface area contributed by atoms with E-state index in [-0.39, 0.29) is 24.4 Å². The van der Waals surface area contributed by atoms with Crippen LogP contribution in [0.1, 0.15) is 25.5 Å². The molecule has 1 aromatic carbocycles. The summed E-state index contributed by atoms with van der Waals surface area (Å²) in [5, 5.41) is 8.68. The predicted molar refractivity (Wildman–Crippen MR) is 112 cm³/mol. The molecule has 0 spiro atoms.